The summed E-state index contributed by atoms with van der Waals surface area (Å²) < 4.78 is 15.0. The molecule has 21 heavy (non-hydrogen) atoms. The van der Waals surface area contributed by atoms with E-state index in [1.807, 2.05) is 13.8 Å². The molecule has 2 heterocycles. The van der Waals surface area contributed by atoms with Gasteiger partial charge in [-0.25, -0.2) is 0 Å². The first-order valence-corrected chi connectivity index (χ1v) is 9.23. The van der Waals surface area contributed by atoms with Crippen LogP contribution >= 0.6 is 23.0 Å². The van der Waals surface area contributed by atoms with Crippen LogP contribution in [0.1, 0.15) is 32.6 Å². The monoisotopic (exact) mass is 517 g/mol. The maximum absolute atomic E-state index is 12.0. The van der Waals surface area contributed by atoms with Crippen LogP contribution in [0.3, 0.4) is 0 Å². The number of hydrogen-bond acceptors (Lipinski definition) is 4. The second kappa shape index (κ2) is 7.26. The molecule has 4 unspecified atom stereocenters. The van der Waals surface area contributed by atoms with Gasteiger partial charge in [-0.1, -0.05) is 0 Å². The molecule has 8 heteroatoms. The Morgan fingerprint density at radius 1 is 1.38 bits per heavy atom. The van der Waals surface area contributed by atoms with Crippen LogP contribution in [0.2, 0.25) is 0 Å². The molecule has 1 saturated heterocycles. The number of hydrogen-bond donors (Lipinski definition) is 1. The fraction of sp³-hybridized carbons (Fsp3) is 0.538. The van der Waals surface area contributed by atoms with Gasteiger partial charge in [0.1, 0.15) is 0 Å². The van der Waals surface area contributed by atoms with Crippen LogP contribution in [0, 0.1) is 21.7 Å². The summed E-state index contributed by atoms with van der Waals surface area (Å²) in [5.74, 6) is 3.26. The second-order valence-electron chi connectivity index (χ2n) is 5.01. The molecule has 0 bridgehead atoms. The van der Waals surface area contributed by atoms with Crippen molar-refractivity contribution in [1.29, 1.82) is 0 Å². The van der Waals surface area contributed by atoms with Crippen LogP contribution in [-0.2, 0) is 6.13 Å². The molecule has 1 aromatic heterocycles. The summed E-state index contributed by atoms with van der Waals surface area (Å²) >= 11 is 1.07. The number of nitrogens with one attached hydrogen (secondary N) is 1. The Balaban J connectivity index is 2.42. The van der Waals surface area contributed by atoms with E-state index in [2.05, 4.69) is 21.8 Å². The van der Waals surface area contributed by atoms with Gasteiger partial charge in [-0.2, -0.15) is 0 Å². The third-order valence-corrected chi connectivity index (χ3v) is 5.64. The molecular formula is C13H15I2N2O4-. The molecule has 1 aliphatic heterocycles. The summed E-state index contributed by atoms with van der Waals surface area (Å²) in [6, 6.07) is 0. The van der Waals surface area contributed by atoms with E-state index in [1.54, 1.807) is 23.0 Å². The third kappa shape index (κ3) is 3.69. The SMILES string of the molecule is CC1OC(n2cc(C#C[I-]OI)c(=O)[nH]c2=O)C(C)C1C. The topological polar surface area (TPSA) is 73.3 Å². The molecule has 4 atom stereocenters. The first-order chi connectivity index (χ1) is 9.95. The zero-order chi connectivity index (χ0) is 15.6. The zero-order valence-electron chi connectivity index (χ0n) is 11.7. The van der Waals surface area contributed by atoms with E-state index in [-0.39, 0.29) is 23.8 Å². The Hall–Kier alpha value is -0.380. The van der Waals surface area contributed by atoms with Crippen molar-refractivity contribution in [3.05, 3.63) is 32.6 Å². The van der Waals surface area contributed by atoms with Gasteiger partial charge in [0.2, 0.25) is 0 Å². The van der Waals surface area contributed by atoms with Crippen molar-refractivity contribution < 1.29 is 27.8 Å². The van der Waals surface area contributed by atoms with Crippen LogP contribution in [0.15, 0.2) is 15.8 Å². The van der Waals surface area contributed by atoms with Gasteiger partial charge >= 0.3 is 148 Å². The molecule has 0 amide bonds. The van der Waals surface area contributed by atoms with Crippen molar-refractivity contribution in [3.63, 3.8) is 0 Å². The molecule has 1 aliphatic rings. The summed E-state index contributed by atoms with van der Waals surface area (Å²) in [7, 11) is 0. The molecule has 1 aromatic rings. The van der Waals surface area contributed by atoms with Gasteiger partial charge in [0.25, 0.3) is 0 Å². The van der Waals surface area contributed by atoms with Crippen LogP contribution < -0.4 is 32.9 Å². The second-order valence-corrected chi connectivity index (χ2v) is 8.56. The predicted molar refractivity (Wildman–Crippen MR) is 81.2 cm³/mol. The summed E-state index contributed by atoms with van der Waals surface area (Å²) in [6.07, 6.45) is 1.17. The molecular weight excluding hydrogens is 502 g/mol. The van der Waals surface area contributed by atoms with E-state index in [9.17, 15) is 9.59 Å². The molecule has 2 rings (SSSR count). The van der Waals surface area contributed by atoms with E-state index >= 15 is 0 Å². The molecule has 1 fully saturated rings. The Morgan fingerprint density at radius 3 is 2.67 bits per heavy atom. The minimum absolute atomic E-state index is 0.0663. The fourth-order valence-electron chi connectivity index (χ4n) is 2.32. The molecule has 0 saturated carbocycles. The van der Waals surface area contributed by atoms with Crippen molar-refractivity contribution in [2.24, 2.45) is 11.8 Å². The molecule has 6 nitrogen and oxygen atoms in total. The van der Waals surface area contributed by atoms with Crippen molar-refractivity contribution in [3.8, 4) is 9.85 Å². The summed E-state index contributed by atoms with van der Waals surface area (Å²) in [5.41, 5.74) is -0.692. The molecule has 0 aliphatic carbocycles. The number of nitrogens with zero attached hydrogens (tertiary/aromatic N) is 1. The van der Waals surface area contributed by atoms with Crippen molar-refractivity contribution in [2.75, 3.05) is 0 Å². The van der Waals surface area contributed by atoms with Crippen molar-refractivity contribution in [2.45, 2.75) is 33.1 Å². The Kier molecular flexibility index (Phi) is 5.87. The van der Waals surface area contributed by atoms with Crippen LogP contribution in [0.25, 0.3) is 0 Å². The van der Waals surface area contributed by atoms with E-state index in [0.29, 0.717) is 5.92 Å². The molecule has 116 valence electrons. The van der Waals surface area contributed by atoms with Crippen LogP contribution in [0.5, 0.6) is 0 Å². The van der Waals surface area contributed by atoms with Gasteiger partial charge in [-0.3, -0.25) is 0 Å². The van der Waals surface area contributed by atoms with Crippen molar-refractivity contribution in [1.82, 2.24) is 9.55 Å². The average molecular weight is 517 g/mol. The van der Waals surface area contributed by atoms with Gasteiger partial charge in [0, 0.05) is 0 Å². The van der Waals surface area contributed by atoms with E-state index < -0.39 is 32.9 Å². The van der Waals surface area contributed by atoms with Gasteiger partial charge < -0.3 is 0 Å². The van der Waals surface area contributed by atoms with Gasteiger partial charge in [-0.05, 0) is 0 Å². The number of ether oxygens (including phenoxy) is 1. The molecule has 0 spiro atoms. The maximum atomic E-state index is 12.0. The van der Waals surface area contributed by atoms with E-state index in [0.717, 1.165) is 0 Å². The Labute approximate surface area is 147 Å². The molecule has 0 radical (unpaired) electrons. The number of aromatic nitrogens is 2. The average Bonchev–Trinajstić information content (AvgIpc) is 2.69. The van der Waals surface area contributed by atoms with Gasteiger partial charge in [0.15, 0.2) is 0 Å². The molecule has 0 aromatic carbocycles. The standard InChI is InChI=1S/C13H15I2N2O4/c1-7-8(2)12(20-9(7)3)17-6-10(4-5-15-21-14)11(18)16-13(17)19/h6-9,12H,1-3H3,(H,16,18,19)/q-1. The number of H-pyrrole nitrogens is 1. The Morgan fingerprint density at radius 2 is 2.10 bits per heavy atom. The van der Waals surface area contributed by atoms with Crippen LogP contribution in [0.4, 0.5) is 0 Å². The number of aromatic amines is 1. The Bertz CT molecular complexity index is 688. The normalized spacial score (nSPS) is 28.4. The van der Waals surface area contributed by atoms with Crippen molar-refractivity contribution >= 4 is 23.0 Å². The van der Waals surface area contributed by atoms with E-state index in [1.165, 1.54) is 10.8 Å². The van der Waals surface area contributed by atoms with Gasteiger partial charge in [-0.15, -0.1) is 0 Å². The summed E-state index contributed by atoms with van der Waals surface area (Å²) in [6.45, 7) is 6.12. The number of halogens is 2. The quantitative estimate of drug-likeness (QED) is 0.380. The zero-order valence-corrected chi connectivity index (χ0v) is 16.0. The minimum atomic E-state index is -0.709. The first kappa shape index (κ1) is 17.0. The summed E-state index contributed by atoms with van der Waals surface area (Å²) in [4.78, 5) is 26.1. The van der Waals surface area contributed by atoms with Crippen LogP contribution in [-0.4, -0.2) is 15.7 Å². The van der Waals surface area contributed by atoms with E-state index in [4.69, 9.17) is 6.13 Å². The predicted octanol–water partition coefficient (Wildman–Crippen LogP) is -1.59. The third-order valence-electron chi connectivity index (χ3n) is 3.87. The first-order valence-electron chi connectivity index (χ1n) is 6.39. The molecule has 1 N–H and O–H groups in total. The number of rotatable bonds is 2. The van der Waals surface area contributed by atoms with Gasteiger partial charge in [0.05, 0.1) is 0 Å². The fourth-order valence-corrected chi connectivity index (χ4v) is 3.36. The summed E-state index contributed by atoms with van der Waals surface area (Å²) in [5, 5.41) is 0.